The predicted octanol–water partition coefficient (Wildman–Crippen LogP) is 5.72. The molecule has 1 fully saturated rings. The summed E-state index contributed by atoms with van der Waals surface area (Å²) in [5, 5.41) is 0. The van der Waals surface area contributed by atoms with Crippen LogP contribution in [-0.2, 0) is 4.74 Å². The number of halogens is 8. The maximum absolute atomic E-state index is 8.00. The molecule has 0 unspecified atom stereocenters. The van der Waals surface area contributed by atoms with Gasteiger partial charge in [0, 0.05) is 43.2 Å². The van der Waals surface area contributed by atoms with E-state index >= 15 is 0 Å². The van der Waals surface area contributed by atoms with Gasteiger partial charge in [0.15, 0.2) is 0 Å². The van der Waals surface area contributed by atoms with Crippen LogP contribution in [0.25, 0.3) is 0 Å². The first-order valence-electron chi connectivity index (χ1n) is 4.62. The third-order valence-corrected chi connectivity index (χ3v) is 1.86. The lowest BCUT2D eigenvalue weighted by molar-refractivity contribution is 0.0589. The van der Waals surface area contributed by atoms with E-state index in [-0.39, 0.29) is 0 Å². The minimum absolute atomic E-state index is 0.616. The molecule has 1 aliphatic rings. The maximum atomic E-state index is 8.00. The van der Waals surface area contributed by atoms with E-state index in [2.05, 4.69) is 6.92 Å². The Bertz CT molecular complexity index is 81.9. The molecule has 0 radical (unpaired) electrons. The minimum Gasteiger partial charge on any atom is -0.378 e. The molecule has 110 valence electrons. The van der Waals surface area contributed by atoms with Crippen molar-refractivity contribution >= 4 is 0 Å². The fourth-order valence-electron chi connectivity index (χ4n) is 1.34. The van der Waals surface area contributed by atoms with Crippen molar-refractivity contribution in [2.45, 2.75) is 45.1 Å². The molecule has 0 saturated heterocycles. The first-order chi connectivity index (χ1) is 8.43. The van der Waals surface area contributed by atoms with Crippen molar-refractivity contribution < 1.29 is 41.3 Å². The summed E-state index contributed by atoms with van der Waals surface area (Å²) in [6.07, 6.45) is 7.16. The van der Waals surface area contributed by atoms with Gasteiger partial charge in [0.25, 0.3) is 0 Å². The van der Waals surface area contributed by atoms with E-state index in [1.165, 1.54) is 25.7 Å². The van der Waals surface area contributed by atoms with Crippen LogP contribution in [0.1, 0.15) is 39.0 Å². The molecule has 17 heavy (non-hydrogen) atoms. The lowest BCUT2D eigenvalue weighted by Gasteiger charge is -2.08. The largest absolute Gasteiger partial charge is 0.378 e. The summed E-state index contributed by atoms with van der Waals surface area (Å²) in [4.78, 5) is 0. The Labute approximate surface area is 94.2 Å². The van der Waals surface area contributed by atoms with Crippen molar-refractivity contribution in [3.8, 4) is 0 Å². The lowest BCUT2D eigenvalue weighted by atomic mass is 10.3. The topological polar surface area (TPSA) is 9.23 Å². The van der Waals surface area contributed by atoms with E-state index < -0.39 is 0 Å². The van der Waals surface area contributed by atoms with E-state index in [9.17, 15) is 0 Å². The first kappa shape index (κ1) is 25.3. The van der Waals surface area contributed by atoms with E-state index in [1.807, 2.05) is 0 Å². The summed E-state index contributed by atoms with van der Waals surface area (Å²) in [6.45, 7) is 3.12. The molecule has 1 saturated carbocycles. The summed E-state index contributed by atoms with van der Waals surface area (Å²) in [5.41, 5.74) is 0. The van der Waals surface area contributed by atoms with E-state index in [0.717, 1.165) is 13.0 Å². The standard InChI is InChI=1S/C8H16O.4F2/c1-2-7-9-8-5-3-4-6-8;4*1-2/h8H,2-7H2,1H3;;;;. The number of rotatable bonds is 3. The van der Waals surface area contributed by atoms with Crippen LogP contribution in [0, 0.1) is 0 Å². The van der Waals surface area contributed by atoms with E-state index in [0.29, 0.717) is 6.10 Å². The van der Waals surface area contributed by atoms with Gasteiger partial charge in [-0.3, -0.25) is 0 Å². The van der Waals surface area contributed by atoms with Gasteiger partial charge in [-0.05, 0) is 19.3 Å². The van der Waals surface area contributed by atoms with Crippen molar-refractivity contribution in [3.05, 3.63) is 0 Å². The van der Waals surface area contributed by atoms with Gasteiger partial charge in [0.1, 0.15) is 0 Å². The van der Waals surface area contributed by atoms with E-state index in [1.54, 1.807) is 0 Å². The second-order valence-corrected chi connectivity index (χ2v) is 2.78. The monoisotopic (exact) mass is 280 g/mol. The zero-order valence-corrected chi connectivity index (χ0v) is 9.25. The number of hydrogen-bond acceptors (Lipinski definition) is 1. The fraction of sp³-hybridized carbons (Fsp3) is 1.00. The molecule has 0 bridgehead atoms. The summed E-state index contributed by atoms with van der Waals surface area (Å²) in [6, 6.07) is 0. The quantitative estimate of drug-likeness (QED) is 0.601. The zero-order chi connectivity index (χ0) is 14.5. The molecule has 0 N–H and O–H groups in total. The Kier molecular flexibility index (Phi) is 53.8. The highest BCUT2D eigenvalue weighted by molar-refractivity contribution is 4.66. The highest BCUT2D eigenvalue weighted by Gasteiger charge is 2.13. The van der Waals surface area contributed by atoms with Crippen LogP contribution in [0.5, 0.6) is 0 Å². The highest BCUT2D eigenvalue weighted by Crippen LogP contribution is 2.20. The average Bonchev–Trinajstić information content (AvgIpc) is 2.98. The molecule has 1 aliphatic carbocycles. The average molecular weight is 280 g/mol. The molecular weight excluding hydrogens is 264 g/mol. The third-order valence-electron chi connectivity index (χ3n) is 1.86. The molecule has 0 amide bonds. The van der Waals surface area contributed by atoms with Gasteiger partial charge in [-0.25, -0.2) is 0 Å². The van der Waals surface area contributed by atoms with Crippen molar-refractivity contribution in [2.24, 2.45) is 0 Å². The maximum Gasteiger partial charge on any atom is 0.0575 e. The summed E-state index contributed by atoms with van der Waals surface area (Å²) >= 11 is 0. The van der Waals surface area contributed by atoms with Crippen molar-refractivity contribution in [2.75, 3.05) is 6.61 Å². The lowest BCUT2D eigenvalue weighted by Crippen LogP contribution is -2.07. The molecule has 1 nitrogen and oxygen atoms in total. The molecule has 9 heteroatoms. The summed E-state index contributed by atoms with van der Waals surface area (Å²) in [7, 11) is 0. The van der Waals surface area contributed by atoms with Crippen LogP contribution in [-0.4, -0.2) is 12.7 Å². The summed E-state index contributed by atoms with van der Waals surface area (Å²) in [5.74, 6) is 0. The van der Waals surface area contributed by atoms with Gasteiger partial charge < -0.3 is 4.74 Å². The van der Waals surface area contributed by atoms with Crippen molar-refractivity contribution in [1.82, 2.24) is 0 Å². The molecule has 0 aromatic heterocycles. The molecule has 0 spiro atoms. The van der Waals surface area contributed by atoms with Crippen LogP contribution in [0.15, 0.2) is 0 Å². The van der Waals surface area contributed by atoms with Crippen LogP contribution in [0.4, 0.5) is 36.6 Å². The molecule has 0 atom stereocenters. The van der Waals surface area contributed by atoms with Crippen molar-refractivity contribution in [3.63, 3.8) is 0 Å². The fourth-order valence-corrected chi connectivity index (χ4v) is 1.34. The SMILES string of the molecule is CCCOC1CCCC1.FF.FF.FF.FF. The molecule has 0 aromatic carbocycles. The second-order valence-electron chi connectivity index (χ2n) is 2.78. The Morgan fingerprint density at radius 2 is 1.18 bits per heavy atom. The van der Waals surface area contributed by atoms with Gasteiger partial charge in [0.05, 0.1) is 6.10 Å². The van der Waals surface area contributed by atoms with E-state index in [4.69, 9.17) is 41.3 Å². The Morgan fingerprint density at radius 3 is 1.47 bits per heavy atom. The molecule has 0 heterocycles. The van der Waals surface area contributed by atoms with Crippen LogP contribution in [0.2, 0.25) is 0 Å². The van der Waals surface area contributed by atoms with Crippen LogP contribution >= 0.6 is 0 Å². The van der Waals surface area contributed by atoms with Gasteiger partial charge in [-0.2, -0.15) is 0 Å². The minimum atomic E-state index is 0.616. The first-order valence-corrected chi connectivity index (χ1v) is 4.62. The molecule has 1 rings (SSSR count). The predicted molar refractivity (Wildman–Crippen MR) is 47.4 cm³/mol. The smallest absolute Gasteiger partial charge is 0.0575 e. The number of hydrogen-bond donors (Lipinski definition) is 0. The second kappa shape index (κ2) is 36.1. The molecule has 0 aliphatic heterocycles. The molecule has 0 aromatic rings. The van der Waals surface area contributed by atoms with Gasteiger partial charge in [-0.15, -0.1) is 0 Å². The Hall–Kier alpha value is -0.600. The van der Waals surface area contributed by atoms with Gasteiger partial charge in [0.2, 0.25) is 0 Å². The normalized spacial score (nSPS) is 12.5. The van der Waals surface area contributed by atoms with Crippen LogP contribution < -0.4 is 0 Å². The highest BCUT2D eigenvalue weighted by atomic mass is 20.0. The van der Waals surface area contributed by atoms with Gasteiger partial charge in [-0.1, -0.05) is 19.8 Å². The Morgan fingerprint density at radius 1 is 0.824 bits per heavy atom. The van der Waals surface area contributed by atoms with Crippen molar-refractivity contribution in [1.29, 1.82) is 0 Å². The van der Waals surface area contributed by atoms with Gasteiger partial charge >= 0.3 is 0 Å². The zero-order valence-electron chi connectivity index (χ0n) is 9.25. The Balaban J connectivity index is -0.0000000905. The summed E-state index contributed by atoms with van der Waals surface area (Å²) < 4.78 is 69.6. The van der Waals surface area contributed by atoms with Crippen LogP contribution in [0.3, 0.4) is 0 Å². The molecular formula is C8H16F8O. The number of ether oxygens (including phenoxy) is 1. The third kappa shape index (κ3) is 25.6.